The van der Waals surface area contributed by atoms with E-state index < -0.39 is 59.6 Å². The summed E-state index contributed by atoms with van der Waals surface area (Å²) in [5.41, 5.74) is 0. The minimum Gasteiger partial charge on any atom is -1.00 e. The Hall–Kier alpha value is -9.14. The lowest BCUT2D eigenvalue weighted by atomic mass is 10.3. The van der Waals surface area contributed by atoms with E-state index in [1.165, 1.54) is 77.0 Å². The van der Waals surface area contributed by atoms with Crippen molar-refractivity contribution in [3.05, 3.63) is 176 Å². The Morgan fingerprint density at radius 3 is 0.689 bits per heavy atom. The van der Waals surface area contributed by atoms with Crippen molar-refractivity contribution >= 4 is 103 Å². The molecule has 6 aromatic rings. The van der Waals surface area contributed by atoms with Crippen molar-refractivity contribution in [3.8, 4) is 0 Å². The molecule has 0 spiro atoms. The molecule has 0 fully saturated rings. The number of hydrogen-bond donors (Lipinski definition) is 4. The van der Waals surface area contributed by atoms with E-state index in [4.69, 9.17) is 91.1 Å². The summed E-state index contributed by atoms with van der Waals surface area (Å²) in [5, 5.41) is 68.1. The minimum atomic E-state index is -2.44. The molecule has 0 aromatic carbocycles. The molecule has 0 bridgehead atoms. The third-order valence-electron chi connectivity index (χ3n) is 14.1. The van der Waals surface area contributed by atoms with Crippen LogP contribution in [0.4, 0.5) is 4.79 Å². The van der Waals surface area contributed by atoms with Gasteiger partial charge in [-0.1, -0.05) is 113 Å². The first-order chi connectivity index (χ1) is 56.3. The first-order valence-corrected chi connectivity index (χ1v) is 43.8. The number of carbonyl (C=O) groups excluding carboxylic acids is 6. The monoisotopic (exact) mass is 1850 g/mol. The number of carbonyl (C=O) groups is 7. The Bertz CT molecular complexity index is 3040. The average Bonchev–Trinajstić information content (AvgIpc) is 1.70. The molecule has 42 heteroatoms. The second kappa shape index (κ2) is 101. The van der Waals surface area contributed by atoms with Crippen LogP contribution < -0.4 is 65.3 Å². The van der Waals surface area contributed by atoms with Crippen molar-refractivity contribution in [1.82, 2.24) is 27.4 Å². The highest BCUT2D eigenvalue weighted by atomic mass is 35.5. The predicted molar refractivity (Wildman–Crippen MR) is 461 cm³/mol. The zero-order valence-corrected chi connectivity index (χ0v) is 80.5. The molecule has 0 aliphatic heterocycles. The Morgan fingerprint density at radius 1 is 0.402 bits per heavy atom. The van der Waals surface area contributed by atoms with Crippen LogP contribution in [0.3, 0.4) is 0 Å². The lowest BCUT2D eigenvalue weighted by Crippen LogP contribution is -3.00. The summed E-state index contributed by atoms with van der Waals surface area (Å²) in [5.74, 6) is -4.36. The first-order valence-electron chi connectivity index (χ1n) is 38.2. The molecule has 6 rings (SSSR count). The summed E-state index contributed by atoms with van der Waals surface area (Å²) in [6.45, 7) is 34.8. The van der Waals surface area contributed by atoms with Gasteiger partial charge >= 0.3 is 35.7 Å². The maximum absolute atomic E-state index is 10.2. The van der Waals surface area contributed by atoms with Crippen LogP contribution in [0, 0.1) is 0 Å². The first kappa shape index (κ1) is 139. The van der Waals surface area contributed by atoms with Gasteiger partial charge < -0.3 is 109 Å². The van der Waals surface area contributed by atoms with Gasteiger partial charge in [-0.3, -0.25) is 0 Å². The molecule has 36 nitrogen and oxygen atoms in total. The topological polar surface area (TPSA) is 469 Å². The van der Waals surface area contributed by atoms with Crippen molar-refractivity contribution < 1.29 is 156 Å². The Morgan fingerprint density at radius 2 is 0.574 bits per heavy atom. The van der Waals surface area contributed by atoms with Crippen LogP contribution in [0.25, 0.3) is 0 Å². The van der Waals surface area contributed by atoms with Crippen LogP contribution >= 0.6 is 36.8 Å². The lowest BCUT2D eigenvalue weighted by molar-refractivity contribution is -0.671. The van der Waals surface area contributed by atoms with E-state index in [1.54, 1.807) is 54.4 Å². The van der Waals surface area contributed by atoms with Crippen molar-refractivity contribution in [2.45, 2.75) is 189 Å². The third-order valence-corrected chi connectivity index (χ3v) is 21.2. The second-order valence-corrected chi connectivity index (χ2v) is 32.1. The summed E-state index contributed by atoms with van der Waals surface area (Å²) in [6, 6.07) is 1.58. The molecule has 0 atom stereocenters. The number of rotatable bonds is 39. The Balaban J connectivity index is -0.000000108. The SMILES string of the molecule is C=CC(=O)O.C=CC(=O)O.C=CC(=O)[O-].C=CC(=O)[O-].C=CC(=O)[O-].CCCCn1cc[n+](C)c1.CCCCn1cc[n+](C)c1.CCCCn1cc[n+](C)c1.CCCCn1cc[n+](C)c1.CCCCn1cc[n+](C)c1.CCCCn1cc[n+](C)c1.CO[Si](CCCS)(OC)OC.CO[Si](CCCSCCC(=O)[O-])(OC)OC.Cl.O.O=C([O-])O.O=C=O.[Cl-]. The molecule has 0 amide bonds. The number of aryl methyl sites for hydroxylation is 12. The van der Waals surface area contributed by atoms with Gasteiger partial charge in [-0.2, -0.15) is 34.0 Å². The van der Waals surface area contributed by atoms with Crippen LogP contribution in [-0.2, 0) is 146 Å². The molecule has 0 saturated heterocycles. The number of unbranched alkanes of at least 4 members (excludes halogenated alkanes) is 6. The van der Waals surface area contributed by atoms with Crippen LogP contribution in [0.5, 0.6) is 0 Å². The van der Waals surface area contributed by atoms with Crippen molar-refractivity contribution in [2.75, 3.05) is 59.9 Å². The van der Waals surface area contributed by atoms with E-state index in [-0.39, 0.29) is 42.9 Å². The normalized spacial score (nSPS) is 9.20. The van der Waals surface area contributed by atoms with Gasteiger partial charge in [0, 0.05) is 72.9 Å². The molecular weight excluding hydrogens is 1700 g/mol. The summed E-state index contributed by atoms with van der Waals surface area (Å²) < 4.78 is 57.0. The zero-order chi connectivity index (χ0) is 93.3. The van der Waals surface area contributed by atoms with Gasteiger partial charge in [0.2, 0.25) is 44.1 Å². The average molecular weight is 1850 g/mol. The van der Waals surface area contributed by atoms with E-state index in [0.29, 0.717) is 5.75 Å². The molecule has 0 aliphatic carbocycles. The fourth-order valence-corrected chi connectivity index (χ4v) is 12.9. The van der Waals surface area contributed by atoms with E-state index in [1.807, 2.05) is 42.3 Å². The summed E-state index contributed by atoms with van der Waals surface area (Å²) in [4.78, 5) is 80.8. The van der Waals surface area contributed by atoms with Crippen LogP contribution in [0.2, 0.25) is 12.1 Å². The zero-order valence-electron chi connectivity index (χ0n) is 75.2. The number of carboxylic acid groups (broad SMARTS) is 8. The van der Waals surface area contributed by atoms with Crippen LogP contribution in [0.15, 0.2) is 176 Å². The number of halogens is 2. The summed E-state index contributed by atoms with van der Waals surface area (Å²) in [7, 11) is 17.2. The fourth-order valence-electron chi connectivity index (χ4n) is 7.90. The lowest BCUT2D eigenvalue weighted by Gasteiger charge is -2.24. The minimum absolute atomic E-state index is 0. The molecular formula is C80H146Cl2N12O24S2Si2. The molecule has 5 N–H and O–H groups in total. The van der Waals surface area contributed by atoms with Gasteiger partial charge in [0.05, 0.1) is 99.5 Å². The largest absolute Gasteiger partial charge is 1.00 e. The van der Waals surface area contributed by atoms with Gasteiger partial charge in [-0.25, -0.2) is 64.4 Å². The number of thiol groups is 1. The van der Waals surface area contributed by atoms with Crippen molar-refractivity contribution in [3.63, 3.8) is 0 Å². The van der Waals surface area contributed by atoms with E-state index in [0.717, 1.165) is 106 Å². The maximum Gasteiger partial charge on any atom is 0.500 e. The number of thioether (sulfide) groups is 1. The smallest absolute Gasteiger partial charge is 0.500 e. The number of carboxylic acids is 6. The van der Waals surface area contributed by atoms with Gasteiger partial charge in [-0.05, 0) is 93.3 Å². The molecule has 122 heavy (non-hydrogen) atoms. The third kappa shape index (κ3) is 107. The van der Waals surface area contributed by atoms with Gasteiger partial charge in [0.25, 0.3) is 0 Å². The van der Waals surface area contributed by atoms with E-state index in [9.17, 15) is 19.5 Å². The van der Waals surface area contributed by atoms with Gasteiger partial charge in [-0.15, -0.1) is 12.4 Å². The van der Waals surface area contributed by atoms with E-state index >= 15 is 0 Å². The Kier molecular flexibility index (Phi) is 115. The summed E-state index contributed by atoms with van der Waals surface area (Å²) >= 11 is 5.69. The molecule has 6 heterocycles. The second-order valence-electron chi connectivity index (χ2n) is 24.3. The predicted octanol–water partition coefficient (Wildman–Crippen LogP) is 0.175. The highest BCUT2D eigenvalue weighted by molar-refractivity contribution is 7.99. The fraction of sp³-hybridized carbons (Fsp3) is 0.550. The van der Waals surface area contributed by atoms with Gasteiger partial charge in [0.15, 0.2) is 0 Å². The molecule has 0 radical (unpaired) electrons. The van der Waals surface area contributed by atoms with Crippen LogP contribution in [0.1, 0.15) is 138 Å². The Labute approximate surface area is 748 Å². The van der Waals surface area contributed by atoms with Crippen LogP contribution in [-0.4, -0.2) is 174 Å². The molecule has 704 valence electrons. The number of imidazole rings is 6. The molecule has 0 aliphatic rings. The number of nitrogens with zero attached hydrogens (tertiary/aromatic N) is 12. The summed E-state index contributed by atoms with van der Waals surface area (Å²) in [6.07, 6.45) is 56.9. The quantitative estimate of drug-likeness (QED) is 0.0131. The highest BCUT2D eigenvalue weighted by Gasteiger charge is 2.37. The molecule has 6 aromatic heterocycles. The molecule has 0 unspecified atom stereocenters. The molecule has 0 saturated carbocycles. The van der Waals surface area contributed by atoms with Gasteiger partial charge in [0.1, 0.15) is 74.4 Å². The number of hydrogen-bond acceptors (Lipinski definition) is 22. The highest BCUT2D eigenvalue weighted by Crippen LogP contribution is 2.18. The van der Waals surface area contributed by atoms with Crippen molar-refractivity contribution in [1.29, 1.82) is 0 Å². The number of aliphatic carboxylic acids is 6. The standard InChI is InChI=1S/C9H20O5SSi.6C8H15N2.C6H16O3SSi.5C3H4O2.CH2O3.CO2.2ClH.H2O/c1-12-16(13-2,14-3)8-4-6-15-7-5-9(10)11;6*1-3-4-5-10-7-6-9(2)8-10;1-7-11(8-2,9-3)6-4-5-10;5*1-2-3(4)5;2-1(3)4;2-1-3;;;/h4-8H2,1-3H3,(H,10,11);6*6-8H,3-5H2,1-2H3;10H,4-6H2,1-3H3;5*2H,1H2,(H,4,5);(H2,2,3,4);;2*1H;1H2/q;6*+1;;;;;;;;;;;/p-6. The number of aromatic nitrogens is 12. The van der Waals surface area contributed by atoms with Crippen molar-refractivity contribution in [2.24, 2.45) is 42.3 Å². The maximum atomic E-state index is 10.2. The van der Waals surface area contributed by atoms with E-state index in [2.05, 4.69) is 254 Å².